The van der Waals surface area contributed by atoms with Gasteiger partial charge in [-0.15, -0.1) is 0 Å². The third-order valence-electron chi connectivity index (χ3n) is 5.47. The predicted molar refractivity (Wildman–Crippen MR) is 148 cm³/mol. The number of hydrogen-bond donors (Lipinski definition) is 2. The van der Waals surface area contributed by atoms with Crippen molar-refractivity contribution >= 4 is 46.9 Å². The molecule has 9 heteroatoms. The van der Waals surface area contributed by atoms with Crippen LogP contribution in [0.2, 0.25) is 10.0 Å². The molecule has 0 saturated carbocycles. The number of hydrogen-bond acceptors (Lipinski definition) is 5. The molecule has 3 rings (SSSR count). The zero-order valence-electron chi connectivity index (χ0n) is 20.9. The molecule has 0 bridgehead atoms. The van der Waals surface area contributed by atoms with Crippen molar-refractivity contribution < 1.29 is 19.1 Å². The summed E-state index contributed by atoms with van der Waals surface area (Å²) in [6, 6.07) is 16.3. The van der Waals surface area contributed by atoms with Gasteiger partial charge in [0.25, 0.3) is 0 Å². The Morgan fingerprint density at radius 1 is 0.865 bits per heavy atom. The molecule has 3 aromatic carbocycles. The number of benzene rings is 3. The predicted octanol–water partition coefficient (Wildman–Crippen LogP) is 6.18. The van der Waals surface area contributed by atoms with Crippen molar-refractivity contribution in [2.24, 2.45) is 5.10 Å². The highest BCUT2D eigenvalue weighted by molar-refractivity contribution is 6.42. The van der Waals surface area contributed by atoms with Gasteiger partial charge in [-0.25, -0.2) is 5.43 Å². The lowest BCUT2D eigenvalue weighted by atomic mass is 10.0. The number of ether oxygens (including phenoxy) is 2. The van der Waals surface area contributed by atoms with Crippen molar-refractivity contribution in [1.29, 1.82) is 0 Å². The van der Waals surface area contributed by atoms with Crippen LogP contribution >= 0.6 is 23.2 Å². The molecule has 0 heterocycles. The van der Waals surface area contributed by atoms with Crippen molar-refractivity contribution in [3.05, 3.63) is 86.9 Å². The van der Waals surface area contributed by atoms with Crippen LogP contribution in [0.4, 0.5) is 5.69 Å². The topological polar surface area (TPSA) is 89.0 Å². The highest BCUT2D eigenvalue weighted by Crippen LogP contribution is 2.30. The molecular formula is C28H29Cl2N3O4. The molecule has 0 saturated heterocycles. The Morgan fingerprint density at radius 2 is 1.59 bits per heavy atom. The number of nitrogens with zero attached hydrogens (tertiary/aromatic N) is 1. The lowest BCUT2D eigenvalue weighted by Gasteiger charge is -2.13. The number of carbonyl (C=O) groups is 2. The third-order valence-corrected chi connectivity index (χ3v) is 6.21. The maximum Gasteiger partial charge on any atom is 0.329 e. The molecule has 0 aromatic heterocycles. The Balaban J connectivity index is 1.63. The molecule has 0 aliphatic heterocycles. The van der Waals surface area contributed by atoms with Gasteiger partial charge < -0.3 is 14.8 Å². The fourth-order valence-corrected chi connectivity index (χ4v) is 3.89. The van der Waals surface area contributed by atoms with Gasteiger partial charge in [-0.05, 0) is 72.4 Å². The first-order valence-corrected chi connectivity index (χ1v) is 12.7. The van der Waals surface area contributed by atoms with Crippen LogP contribution < -0.4 is 20.2 Å². The van der Waals surface area contributed by atoms with Gasteiger partial charge in [0, 0.05) is 5.69 Å². The van der Waals surface area contributed by atoms with Crippen molar-refractivity contribution in [2.45, 2.75) is 40.2 Å². The molecule has 7 nitrogen and oxygen atoms in total. The van der Waals surface area contributed by atoms with Gasteiger partial charge in [-0.1, -0.05) is 61.3 Å². The molecule has 3 aromatic rings. The van der Waals surface area contributed by atoms with Crippen LogP contribution in [0, 0.1) is 0 Å². The molecule has 0 aliphatic rings. The van der Waals surface area contributed by atoms with Crippen LogP contribution in [0.3, 0.4) is 0 Å². The molecule has 2 amide bonds. The number of aryl methyl sites for hydroxylation is 2. The minimum atomic E-state index is -0.865. The number of anilines is 1. The summed E-state index contributed by atoms with van der Waals surface area (Å²) in [5, 5.41) is 7.57. The van der Waals surface area contributed by atoms with Gasteiger partial charge in [-0.3, -0.25) is 9.59 Å². The van der Waals surface area contributed by atoms with Crippen LogP contribution in [-0.2, 0) is 29.0 Å². The summed E-state index contributed by atoms with van der Waals surface area (Å²) in [4.78, 5) is 24.8. The highest BCUT2D eigenvalue weighted by atomic mass is 35.5. The van der Waals surface area contributed by atoms with Gasteiger partial charge in [0.15, 0.2) is 11.5 Å². The third kappa shape index (κ3) is 7.71. The summed E-state index contributed by atoms with van der Waals surface area (Å²) in [6.45, 7) is 6.56. The maximum absolute atomic E-state index is 12.5. The first-order chi connectivity index (χ1) is 17.9. The Morgan fingerprint density at radius 3 is 2.24 bits per heavy atom. The standard InChI is InChI=1S/C28H29Cl2N3O4/c1-4-20-8-7-9-21(5-2)26(20)32-27(34)28(35)33-31-16-18-11-13-24(25(15-18)36-6-3)37-17-19-10-12-22(29)23(30)14-19/h7-16H,4-6,17H2,1-3H3,(H,32,34)(H,33,35)/b31-16-. The van der Waals surface area contributed by atoms with E-state index in [9.17, 15) is 9.59 Å². The van der Waals surface area contributed by atoms with E-state index in [2.05, 4.69) is 15.8 Å². The Hall–Kier alpha value is -3.55. The molecule has 0 fully saturated rings. The molecule has 37 heavy (non-hydrogen) atoms. The van der Waals surface area contributed by atoms with Gasteiger partial charge in [0.2, 0.25) is 0 Å². The van der Waals surface area contributed by atoms with E-state index in [1.807, 2.05) is 45.0 Å². The number of para-hydroxylation sites is 1. The van der Waals surface area contributed by atoms with Crippen molar-refractivity contribution in [3.63, 3.8) is 0 Å². The van der Waals surface area contributed by atoms with Crippen LogP contribution in [0.1, 0.15) is 43.0 Å². The number of halogens is 2. The molecule has 0 spiro atoms. The van der Waals surface area contributed by atoms with Gasteiger partial charge in [0.05, 0.1) is 22.9 Å². The van der Waals surface area contributed by atoms with E-state index in [0.29, 0.717) is 39.4 Å². The van der Waals surface area contributed by atoms with E-state index in [0.717, 1.165) is 29.5 Å². The van der Waals surface area contributed by atoms with Crippen molar-refractivity contribution in [2.75, 3.05) is 11.9 Å². The second-order valence-electron chi connectivity index (χ2n) is 7.99. The van der Waals surface area contributed by atoms with E-state index in [-0.39, 0.29) is 6.61 Å². The lowest BCUT2D eigenvalue weighted by molar-refractivity contribution is -0.136. The van der Waals surface area contributed by atoms with Crippen molar-refractivity contribution in [3.8, 4) is 11.5 Å². The molecular weight excluding hydrogens is 513 g/mol. The summed E-state index contributed by atoms with van der Waals surface area (Å²) in [6.07, 6.45) is 2.89. The zero-order chi connectivity index (χ0) is 26.8. The van der Waals surface area contributed by atoms with E-state index in [1.165, 1.54) is 6.21 Å². The van der Waals surface area contributed by atoms with Gasteiger partial charge >= 0.3 is 11.8 Å². The number of amides is 2. The molecule has 194 valence electrons. The summed E-state index contributed by atoms with van der Waals surface area (Å²) in [7, 11) is 0. The van der Waals surface area contributed by atoms with Crippen LogP contribution in [-0.4, -0.2) is 24.6 Å². The molecule has 0 radical (unpaired) electrons. The van der Waals surface area contributed by atoms with Gasteiger partial charge in [0.1, 0.15) is 6.61 Å². The zero-order valence-corrected chi connectivity index (χ0v) is 22.4. The van der Waals surface area contributed by atoms with Crippen LogP contribution in [0.15, 0.2) is 59.7 Å². The SMILES string of the molecule is CCOc1cc(/C=N\NC(=O)C(=O)Nc2c(CC)cccc2CC)ccc1OCc1ccc(Cl)c(Cl)c1. The molecule has 0 atom stereocenters. The Bertz CT molecular complexity index is 1270. The number of carbonyl (C=O) groups excluding carboxylic acids is 2. The fraction of sp³-hybridized carbons (Fsp3) is 0.250. The first-order valence-electron chi connectivity index (χ1n) is 11.9. The monoisotopic (exact) mass is 541 g/mol. The second kappa shape index (κ2) is 13.7. The van der Waals surface area contributed by atoms with Gasteiger partial charge in [-0.2, -0.15) is 5.10 Å². The minimum Gasteiger partial charge on any atom is -0.490 e. The summed E-state index contributed by atoms with van der Waals surface area (Å²) >= 11 is 12.0. The first kappa shape index (κ1) is 28.0. The lowest BCUT2D eigenvalue weighted by Crippen LogP contribution is -2.33. The van der Waals surface area contributed by atoms with E-state index in [1.54, 1.807) is 30.3 Å². The molecule has 0 unspecified atom stereocenters. The highest BCUT2D eigenvalue weighted by Gasteiger charge is 2.16. The summed E-state index contributed by atoms with van der Waals surface area (Å²) in [5.74, 6) is -0.599. The average molecular weight is 542 g/mol. The average Bonchev–Trinajstić information content (AvgIpc) is 2.90. The molecule has 2 N–H and O–H groups in total. The van der Waals surface area contributed by atoms with E-state index >= 15 is 0 Å². The molecule has 0 aliphatic carbocycles. The Labute approximate surface area is 226 Å². The quantitative estimate of drug-likeness (QED) is 0.182. The van der Waals surface area contributed by atoms with Crippen molar-refractivity contribution in [1.82, 2.24) is 5.43 Å². The summed E-state index contributed by atoms with van der Waals surface area (Å²) < 4.78 is 11.6. The largest absolute Gasteiger partial charge is 0.490 e. The summed E-state index contributed by atoms with van der Waals surface area (Å²) in [5.41, 5.74) is 6.39. The maximum atomic E-state index is 12.5. The fourth-order valence-electron chi connectivity index (χ4n) is 3.57. The smallest absolute Gasteiger partial charge is 0.329 e. The number of nitrogens with one attached hydrogen (secondary N) is 2. The Kier molecular flexibility index (Phi) is 10.4. The van der Waals surface area contributed by atoms with Crippen LogP contribution in [0.5, 0.6) is 11.5 Å². The number of hydrazone groups is 1. The second-order valence-corrected chi connectivity index (χ2v) is 8.80. The van der Waals surface area contributed by atoms with Crippen LogP contribution in [0.25, 0.3) is 0 Å². The van der Waals surface area contributed by atoms with E-state index in [4.69, 9.17) is 32.7 Å². The number of rotatable bonds is 10. The van der Waals surface area contributed by atoms with E-state index < -0.39 is 11.8 Å². The minimum absolute atomic E-state index is 0.274. The normalized spacial score (nSPS) is 10.8.